The van der Waals surface area contributed by atoms with Crippen molar-refractivity contribution < 1.29 is 9.90 Å². The van der Waals surface area contributed by atoms with Gasteiger partial charge >= 0.3 is 5.97 Å². The van der Waals surface area contributed by atoms with E-state index in [1.165, 1.54) is 12.4 Å². The van der Waals surface area contributed by atoms with Crippen molar-refractivity contribution >= 4 is 27.7 Å². The predicted molar refractivity (Wildman–Crippen MR) is 76.6 cm³/mol. The van der Waals surface area contributed by atoms with Gasteiger partial charge in [-0.05, 0) is 28.8 Å². The second-order valence-electron chi connectivity index (χ2n) is 4.15. The molecule has 0 saturated carbocycles. The first kappa shape index (κ1) is 14.4. The van der Waals surface area contributed by atoms with Gasteiger partial charge in [0.25, 0.3) is 0 Å². The molecule has 2 aromatic heterocycles. The van der Waals surface area contributed by atoms with Crippen LogP contribution < -0.4 is 5.32 Å². The highest BCUT2D eigenvalue weighted by atomic mass is 79.9. The molecule has 20 heavy (non-hydrogen) atoms. The molecule has 106 valence electrons. The summed E-state index contributed by atoms with van der Waals surface area (Å²) in [6, 6.07) is 0. The summed E-state index contributed by atoms with van der Waals surface area (Å²) >= 11 is 3.35. The van der Waals surface area contributed by atoms with E-state index < -0.39 is 5.97 Å². The van der Waals surface area contributed by atoms with Crippen molar-refractivity contribution in [3.05, 3.63) is 35.0 Å². The van der Waals surface area contributed by atoms with Crippen LogP contribution in [0.3, 0.4) is 0 Å². The average molecular weight is 340 g/mol. The van der Waals surface area contributed by atoms with E-state index in [0.29, 0.717) is 5.82 Å². The molecule has 0 unspecified atom stereocenters. The molecule has 0 aliphatic carbocycles. The molecule has 7 nitrogen and oxygen atoms in total. The Kier molecular flexibility index (Phi) is 5.05. The fourth-order valence-corrected chi connectivity index (χ4v) is 1.93. The zero-order chi connectivity index (χ0) is 14.4. The third-order valence-corrected chi connectivity index (χ3v) is 3.00. The number of anilines is 1. The molecule has 0 radical (unpaired) electrons. The van der Waals surface area contributed by atoms with Gasteiger partial charge < -0.3 is 10.4 Å². The van der Waals surface area contributed by atoms with E-state index in [1.54, 1.807) is 6.20 Å². The van der Waals surface area contributed by atoms with Gasteiger partial charge in [-0.1, -0.05) is 0 Å². The van der Waals surface area contributed by atoms with Gasteiger partial charge in [-0.2, -0.15) is 5.10 Å². The Balaban J connectivity index is 1.66. The first-order valence-corrected chi connectivity index (χ1v) is 6.91. The zero-order valence-electron chi connectivity index (χ0n) is 10.7. The summed E-state index contributed by atoms with van der Waals surface area (Å²) in [7, 11) is 0. The van der Waals surface area contributed by atoms with Crippen molar-refractivity contribution in [2.45, 2.75) is 19.4 Å². The van der Waals surface area contributed by atoms with Crippen LogP contribution in [0.1, 0.15) is 23.3 Å². The maximum absolute atomic E-state index is 10.6. The number of aromatic carboxylic acids is 1. The summed E-state index contributed by atoms with van der Waals surface area (Å²) in [6.45, 7) is 1.61. The van der Waals surface area contributed by atoms with Gasteiger partial charge in [0, 0.05) is 19.3 Å². The van der Waals surface area contributed by atoms with Crippen LogP contribution in [0, 0.1) is 0 Å². The molecular formula is C12H14BrN5O2. The molecule has 0 saturated heterocycles. The Morgan fingerprint density at radius 3 is 2.75 bits per heavy atom. The van der Waals surface area contributed by atoms with E-state index >= 15 is 0 Å². The Hall–Kier alpha value is -1.96. The molecule has 0 spiro atoms. The van der Waals surface area contributed by atoms with Gasteiger partial charge in [0.05, 0.1) is 23.1 Å². The number of carboxylic acid groups (broad SMARTS) is 1. The lowest BCUT2D eigenvalue weighted by atomic mass is 10.3. The summed E-state index contributed by atoms with van der Waals surface area (Å²) in [5, 5.41) is 16.0. The van der Waals surface area contributed by atoms with Crippen LogP contribution in [0.25, 0.3) is 0 Å². The van der Waals surface area contributed by atoms with Crippen molar-refractivity contribution in [3.63, 3.8) is 0 Å². The molecule has 0 aliphatic heterocycles. The van der Waals surface area contributed by atoms with Crippen LogP contribution in [0.15, 0.2) is 29.3 Å². The van der Waals surface area contributed by atoms with E-state index in [2.05, 4.69) is 36.3 Å². The van der Waals surface area contributed by atoms with Crippen LogP contribution >= 0.6 is 15.9 Å². The third kappa shape index (κ3) is 4.30. The molecule has 2 rings (SSSR count). The molecule has 2 heterocycles. The van der Waals surface area contributed by atoms with E-state index in [-0.39, 0.29) is 5.69 Å². The third-order valence-electron chi connectivity index (χ3n) is 2.59. The van der Waals surface area contributed by atoms with Crippen molar-refractivity contribution in [1.29, 1.82) is 0 Å². The molecule has 2 N–H and O–H groups in total. The number of nitrogens with one attached hydrogen (secondary N) is 1. The second kappa shape index (κ2) is 6.99. The van der Waals surface area contributed by atoms with Gasteiger partial charge in [-0.15, -0.1) is 0 Å². The van der Waals surface area contributed by atoms with Crippen molar-refractivity contribution in [2.75, 3.05) is 11.9 Å². The maximum atomic E-state index is 10.6. The van der Waals surface area contributed by atoms with Gasteiger partial charge in [-0.3, -0.25) is 4.68 Å². The van der Waals surface area contributed by atoms with Crippen LogP contribution in [0.5, 0.6) is 0 Å². The number of carbonyl (C=O) groups is 1. The summed E-state index contributed by atoms with van der Waals surface area (Å²) in [5.41, 5.74) is -0.0557. The van der Waals surface area contributed by atoms with E-state index in [4.69, 9.17) is 5.11 Å². The van der Waals surface area contributed by atoms with Crippen LogP contribution in [0.2, 0.25) is 0 Å². The van der Waals surface area contributed by atoms with E-state index in [0.717, 1.165) is 30.4 Å². The minimum absolute atomic E-state index is 0.0557. The van der Waals surface area contributed by atoms with Gasteiger partial charge in [0.1, 0.15) is 5.82 Å². The highest BCUT2D eigenvalue weighted by Gasteiger charge is 2.04. The lowest BCUT2D eigenvalue weighted by Gasteiger charge is -2.05. The van der Waals surface area contributed by atoms with E-state index in [9.17, 15) is 4.79 Å². The highest BCUT2D eigenvalue weighted by Crippen LogP contribution is 2.07. The summed E-state index contributed by atoms with van der Waals surface area (Å²) < 4.78 is 2.86. The van der Waals surface area contributed by atoms with Gasteiger partial charge in [0.15, 0.2) is 5.69 Å². The van der Waals surface area contributed by atoms with Crippen molar-refractivity contribution in [3.8, 4) is 0 Å². The van der Waals surface area contributed by atoms with Crippen LogP contribution in [-0.4, -0.2) is 37.4 Å². The number of halogens is 1. The lowest BCUT2D eigenvalue weighted by Crippen LogP contribution is -2.07. The van der Waals surface area contributed by atoms with Crippen molar-refractivity contribution in [2.24, 2.45) is 0 Å². The van der Waals surface area contributed by atoms with E-state index in [1.807, 2.05) is 10.9 Å². The minimum Gasteiger partial charge on any atom is -0.476 e. The second-order valence-corrected chi connectivity index (χ2v) is 5.06. The Bertz CT molecular complexity index is 569. The van der Waals surface area contributed by atoms with Gasteiger partial charge in [-0.25, -0.2) is 14.8 Å². The van der Waals surface area contributed by atoms with Crippen molar-refractivity contribution in [1.82, 2.24) is 19.7 Å². The molecule has 0 bridgehead atoms. The Morgan fingerprint density at radius 1 is 1.30 bits per heavy atom. The quantitative estimate of drug-likeness (QED) is 0.749. The molecule has 0 fully saturated rings. The van der Waals surface area contributed by atoms with Crippen LogP contribution in [0.4, 0.5) is 5.82 Å². The number of aryl methyl sites for hydroxylation is 1. The largest absolute Gasteiger partial charge is 0.476 e. The molecule has 2 aromatic rings. The van der Waals surface area contributed by atoms with Gasteiger partial charge in [0.2, 0.25) is 0 Å². The SMILES string of the molecule is O=C(O)c1cnc(NCCCCn2cc(Br)cn2)cn1. The molecule has 0 atom stereocenters. The first-order valence-electron chi connectivity index (χ1n) is 6.12. The fourth-order valence-electron chi connectivity index (χ4n) is 1.61. The number of hydrogen-bond donors (Lipinski definition) is 2. The molecule has 0 aromatic carbocycles. The van der Waals surface area contributed by atoms with Crippen LogP contribution in [-0.2, 0) is 6.54 Å². The predicted octanol–water partition coefficient (Wildman–Crippen LogP) is 2.03. The summed E-state index contributed by atoms with van der Waals surface area (Å²) in [5.74, 6) is -0.494. The number of unbranched alkanes of at least 4 members (excludes halogenated alkanes) is 1. The molecular weight excluding hydrogens is 326 g/mol. The highest BCUT2D eigenvalue weighted by molar-refractivity contribution is 9.10. The number of nitrogens with zero attached hydrogens (tertiary/aromatic N) is 4. The lowest BCUT2D eigenvalue weighted by molar-refractivity contribution is 0.0690. The normalized spacial score (nSPS) is 10.4. The summed E-state index contributed by atoms with van der Waals surface area (Å²) in [6.07, 6.45) is 8.31. The Morgan fingerprint density at radius 2 is 2.15 bits per heavy atom. The fraction of sp³-hybridized carbons (Fsp3) is 0.333. The molecule has 8 heteroatoms. The summed E-state index contributed by atoms with van der Waals surface area (Å²) in [4.78, 5) is 18.4. The standard InChI is InChI=1S/C12H14BrN5O2/c13-9-5-17-18(8-9)4-2-1-3-14-11-7-15-10(6-16-11)12(19)20/h5-8H,1-4H2,(H,14,16)(H,19,20). The average Bonchev–Trinajstić information content (AvgIpc) is 2.84. The Labute approximate surface area is 124 Å². The molecule has 0 aliphatic rings. The smallest absolute Gasteiger partial charge is 0.356 e. The zero-order valence-corrected chi connectivity index (χ0v) is 12.2. The minimum atomic E-state index is -1.07. The number of rotatable bonds is 7. The first-order chi connectivity index (χ1) is 9.65. The number of hydrogen-bond acceptors (Lipinski definition) is 5. The number of carboxylic acids is 1. The maximum Gasteiger partial charge on any atom is 0.356 e. The monoisotopic (exact) mass is 339 g/mol. The molecule has 0 amide bonds. The topological polar surface area (TPSA) is 92.9 Å². The number of aromatic nitrogens is 4.